The maximum absolute atomic E-state index is 2.56. The second kappa shape index (κ2) is 31.4. The highest BCUT2D eigenvalue weighted by atomic mass is 32.1. The van der Waals surface area contributed by atoms with Gasteiger partial charge in [-0.3, -0.25) is 0 Å². The van der Waals surface area contributed by atoms with E-state index in [-0.39, 0.29) is 10.8 Å². The molecule has 8 bridgehead atoms. The predicted octanol–water partition coefficient (Wildman–Crippen LogP) is 35.8. The van der Waals surface area contributed by atoms with Crippen LogP contribution < -0.4 is 9.80 Å². The van der Waals surface area contributed by atoms with Gasteiger partial charge in [0.2, 0.25) is 0 Å². The summed E-state index contributed by atoms with van der Waals surface area (Å²) in [6.45, 7) is 0. The maximum Gasteiger partial charge on any atom is 0.0554 e. The van der Waals surface area contributed by atoms with Crippen LogP contribution in [0.4, 0.5) is 34.1 Å². The van der Waals surface area contributed by atoms with Crippen LogP contribution >= 0.6 is 22.7 Å². The summed E-state index contributed by atoms with van der Waals surface area (Å²) in [5, 5.41) is 5.22. The first-order valence-electron chi connectivity index (χ1n) is 48.1. The zero-order valence-corrected chi connectivity index (χ0v) is 75.4. The highest BCUT2D eigenvalue weighted by Gasteiger charge is 2.63. The number of benzene rings is 18. The van der Waals surface area contributed by atoms with Crippen molar-refractivity contribution >= 4 is 97.1 Å². The van der Waals surface area contributed by atoms with Crippen molar-refractivity contribution in [2.75, 3.05) is 9.80 Å². The molecule has 20 aromatic rings. The Bertz CT molecular complexity index is 7850. The van der Waals surface area contributed by atoms with Crippen LogP contribution in [0.3, 0.4) is 0 Å². The van der Waals surface area contributed by atoms with E-state index in [2.05, 4.69) is 434 Å². The topological polar surface area (TPSA) is 6.48 Å². The Hall–Kier alpha value is -14.0. The number of rotatable bonds is 14. The Morgan fingerprint density at radius 2 is 0.485 bits per heavy atom. The highest BCUT2D eigenvalue weighted by Crippen LogP contribution is 2.72. The predicted molar refractivity (Wildman–Crippen MR) is 558 cm³/mol. The monoisotopic (exact) mass is 1730 g/mol. The van der Waals surface area contributed by atoms with E-state index in [1.165, 1.54) is 222 Å². The zero-order valence-electron chi connectivity index (χ0n) is 73.8. The van der Waals surface area contributed by atoms with Gasteiger partial charge < -0.3 is 9.80 Å². The molecule has 18 aromatic carbocycles. The van der Waals surface area contributed by atoms with Gasteiger partial charge >= 0.3 is 0 Å². The number of hydrogen-bond acceptors (Lipinski definition) is 4. The van der Waals surface area contributed by atoms with Gasteiger partial charge in [0, 0.05) is 79.6 Å². The van der Waals surface area contributed by atoms with Gasteiger partial charge in [-0.05, 0) is 360 Å². The lowest BCUT2D eigenvalue weighted by molar-refractivity contribution is -0.0399. The molecule has 0 aliphatic heterocycles. The summed E-state index contributed by atoms with van der Waals surface area (Å²) in [5.74, 6) is 6.91. The normalized spacial score (nSPS) is 21.1. The Morgan fingerprint density at radius 3 is 0.977 bits per heavy atom. The van der Waals surface area contributed by atoms with Crippen LogP contribution in [0.2, 0.25) is 0 Å². The molecular formula is C128H98N2S2. The molecule has 8 fully saturated rings. The SMILES string of the molecule is c1ccc(-c2ccc(N(c3ccc(-c4cccc(-c5cccc(-c6ccc7c(c6)-c6ccccc6C76C7CC8CC(C7)CC6C8)c5)c4)cc3)c3cccc4sc5ccccc5c34)cc2)cc1.c1ccc(-c2ccc(N(c3ccc(-c4cccc(-c5ccccc5-c5ccc6c(c5)-c5ccccc5C65C6CC7CC(C6)CC5C7)c4)cc3)c3ccc4c(c3)sc3ccccc34)cc2)cc1. The van der Waals surface area contributed by atoms with Crippen molar-refractivity contribution in [3.63, 3.8) is 0 Å². The molecule has 2 aromatic heterocycles. The maximum atomic E-state index is 2.56. The second-order valence-corrected chi connectivity index (χ2v) is 41.5. The van der Waals surface area contributed by atoms with E-state index in [4.69, 9.17) is 0 Å². The molecule has 0 unspecified atom stereocenters. The molecule has 132 heavy (non-hydrogen) atoms. The Balaban J connectivity index is 0.000000135. The largest absolute Gasteiger partial charge is 0.310 e. The van der Waals surface area contributed by atoms with E-state index in [0.717, 1.165) is 75.8 Å². The summed E-state index contributed by atoms with van der Waals surface area (Å²) < 4.78 is 5.22. The second-order valence-electron chi connectivity index (χ2n) is 39.4. The number of anilines is 6. The number of hydrogen-bond donors (Lipinski definition) is 0. The van der Waals surface area contributed by atoms with E-state index in [1.54, 1.807) is 22.3 Å². The van der Waals surface area contributed by atoms with Gasteiger partial charge in [0.05, 0.1) is 5.69 Å². The first-order chi connectivity index (χ1) is 65.3. The third-order valence-electron chi connectivity index (χ3n) is 32.5. The fraction of sp³-hybridized carbons (Fsp3) is 0.156. The van der Waals surface area contributed by atoms with Crippen molar-refractivity contribution in [1.29, 1.82) is 0 Å². The van der Waals surface area contributed by atoms with Gasteiger partial charge in [0.25, 0.3) is 0 Å². The van der Waals surface area contributed by atoms with Crippen LogP contribution in [0.5, 0.6) is 0 Å². The summed E-state index contributed by atoms with van der Waals surface area (Å²) in [5.41, 5.74) is 39.5. The molecule has 30 rings (SSSR count). The van der Waals surface area contributed by atoms with Crippen LogP contribution in [0.1, 0.15) is 86.5 Å². The summed E-state index contributed by atoms with van der Waals surface area (Å²) in [4.78, 5) is 4.83. The smallest absolute Gasteiger partial charge is 0.0554 e. The van der Waals surface area contributed by atoms with Gasteiger partial charge in [0.15, 0.2) is 0 Å². The first kappa shape index (κ1) is 77.9. The van der Waals surface area contributed by atoms with E-state index in [0.29, 0.717) is 0 Å². The summed E-state index contributed by atoms with van der Waals surface area (Å²) in [6, 6.07) is 159. The standard InChI is InChI=1S/2C64H49NS/c1-2-11-43(12-3-1)44-23-28-53(29-24-44)65(60-20-10-22-62-63(60)56-18-5-7-21-61(56)66-62)54-30-25-45(26-31-54)46-13-8-14-47(38-46)48-15-9-16-49(39-48)50-27-32-59-57(40-50)55-17-4-6-19-58(55)64(59)51-34-41-33-42(36-51)37-52(64)35-41;1-2-11-43(12-3-1)44-21-26-51(27-22-44)65(53-30-31-58-57-18-7-9-20-62(57)66-63(58)40-53)52-28-23-45(24-29-52)46-13-10-14-47(38-46)54-15-4-5-16-55(54)48-25-32-61-59(39-48)56-17-6-8-19-60(56)64(61)49-34-41-33-42(36-49)37-50(64)35-41/h1-32,38-42,51-52H,33-37H2;1-32,38-42,49-50H,33-37H2. The molecule has 632 valence electrons. The fourth-order valence-electron chi connectivity index (χ4n) is 27.4. The van der Waals surface area contributed by atoms with E-state index in [9.17, 15) is 0 Å². The van der Waals surface area contributed by atoms with Crippen LogP contribution in [-0.2, 0) is 10.8 Å². The van der Waals surface area contributed by atoms with Crippen molar-refractivity contribution in [2.24, 2.45) is 47.3 Å². The summed E-state index contributed by atoms with van der Waals surface area (Å²) in [7, 11) is 0. The molecule has 2 spiro atoms. The lowest BCUT2D eigenvalue weighted by Gasteiger charge is -2.61. The van der Waals surface area contributed by atoms with Crippen molar-refractivity contribution in [1.82, 2.24) is 0 Å². The molecule has 0 amide bonds. The van der Waals surface area contributed by atoms with Crippen molar-refractivity contribution in [3.8, 4) is 111 Å². The highest BCUT2D eigenvalue weighted by molar-refractivity contribution is 7.26. The number of fused-ring (bicyclic) bond motifs is 12. The van der Waals surface area contributed by atoms with E-state index >= 15 is 0 Å². The van der Waals surface area contributed by atoms with Crippen LogP contribution in [-0.4, -0.2) is 0 Å². The van der Waals surface area contributed by atoms with Gasteiger partial charge in [-0.1, -0.05) is 309 Å². The van der Waals surface area contributed by atoms with Crippen molar-refractivity contribution in [3.05, 3.63) is 447 Å². The average Bonchev–Trinajstić information content (AvgIpc) is 1.51. The van der Waals surface area contributed by atoms with Crippen molar-refractivity contribution < 1.29 is 0 Å². The van der Waals surface area contributed by atoms with E-state index in [1.807, 2.05) is 22.7 Å². The van der Waals surface area contributed by atoms with Gasteiger partial charge in [0.1, 0.15) is 0 Å². The minimum Gasteiger partial charge on any atom is -0.310 e. The quantitative estimate of drug-likeness (QED) is 0.107. The molecule has 0 atom stereocenters. The number of thiophene rings is 2. The Labute approximate surface area is 781 Å². The van der Waals surface area contributed by atoms with E-state index < -0.39 is 0 Å². The lowest BCUT2D eigenvalue weighted by atomic mass is 9.43. The third kappa shape index (κ3) is 12.7. The molecule has 10 aliphatic carbocycles. The minimum atomic E-state index is 0.193. The molecule has 4 heteroatoms. The number of nitrogens with zero attached hydrogens (tertiary/aromatic N) is 2. The average molecular weight is 1730 g/mol. The molecule has 2 nitrogen and oxygen atoms in total. The Morgan fingerprint density at radius 1 is 0.182 bits per heavy atom. The van der Waals surface area contributed by atoms with Gasteiger partial charge in [-0.2, -0.15) is 0 Å². The first-order valence-corrected chi connectivity index (χ1v) is 49.8. The fourth-order valence-corrected chi connectivity index (χ4v) is 29.7. The van der Waals surface area contributed by atoms with Crippen LogP contribution in [0, 0.1) is 47.3 Å². The molecule has 10 aliphatic rings. The summed E-state index contributed by atoms with van der Waals surface area (Å²) in [6.07, 6.45) is 14.3. The zero-order chi connectivity index (χ0) is 86.7. The molecule has 0 N–H and O–H groups in total. The van der Waals surface area contributed by atoms with Gasteiger partial charge in [-0.15, -0.1) is 22.7 Å². The van der Waals surface area contributed by atoms with Crippen LogP contribution in [0.25, 0.3) is 152 Å². The van der Waals surface area contributed by atoms with Gasteiger partial charge in [-0.25, -0.2) is 0 Å². The molecule has 0 saturated heterocycles. The molecule has 0 radical (unpaired) electrons. The molecule has 2 heterocycles. The Kier molecular flexibility index (Phi) is 18.5. The summed E-state index contributed by atoms with van der Waals surface area (Å²) >= 11 is 3.73. The molecular weight excluding hydrogens is 1630 g/mol. The van der Waals surface area contributed by atoms with Crippen molar-refractivity contribution in [2.45, 2.75) is 75.0 Å². The minimum absolute atomic E-state index is 0.193. The van der Waals surface area contributed by atoms with Crippen LogP contribution in [0.15, 0.2) is 425 Å². The lowest BCUT2D eigenvalue weighted by Crippen LogP contribution is -2.55. The third-order valence-corrected chi connectivity index (χ3v) is 34.8. The molecule has 8 saturated carbocycles.